The lowest BCUT2D eigenvalue weighted by Crippen LogP contribution is -2.32. The summed E-state index contributed by atoms with van der Waals surface area (Å²) in [6, 6.07) is 0. The molecule has 1 rings (SSSR count). The van der Waals surface area contributed by atoms with Gasteiger partial charge in [-0.2, -0.15) is 0 Å². The van der Waals surface area contributed by atoms with Crippen molar-refractivity contribution < 1.29 is 0 Å². The van der Waals surface area contributed by atoms with Gasteiger partial charge in [-0.3, -0.25) is 0 Å². The zero-order chi connectivity index (χ0) is 15.3. The number of rotatable bonds is 12. The first kappa shape index (κ1) is 19.0. The van der Waals surface area contributed by atoms with Crippen LogP contribution in [0.2, 0.25) is 0 Å². The van der Waals surface area contributed by atoms with Crippen LogP contribution < -0.4 is 5.32 Å². The number of hydrogen-bond donors (Lipinski definition) is 1. The molecule has 0 aliphatic heterocycles. The van der Waals surface area contributed by atoms with Gasteiger partial charge in [-0.05, 0) is 37.3 Å². The van der Waals surface area contributed by atoms with E-state index in [0.29, 0.717) is 0 Å². The normalized spacial score (nSPS) is 22.9. The molecule has 1 aliphatic carbocycles. The SMILES string of the molecule is CCCCCCCCCC1CCCCC1CNCC(C)C. The lowest BCUT2D eigenvalue weighted by Gasteiger charge is -2.32. The molecule has 1 fully saturated rings. The molecule has 1 heteroatoms. The van der Waals surface area contributed by atoms with Crippen LogP contribution >= 0.6 is 0 Å². The minimum Gasteiger partial charge on any atom is -0.316 e. The van der Waals surface area contributed by atoms with Crippen molar-refractivity contribution in [3.63, 3.8) is 0 Å². The van der Waals surface area contributed by atoms with E-state index in [-0.39, 0.29) is 0 Å². The van der Waals surface area contributed by atoms with Gasteiger partial charge in [0.25, 0.3) is 0 Å². The summed E-state index contributed by atoms with van der Waals surface area (Å²) >= 11 is 0. The highest BCUT2D eigenvalue weighted by Crippen LogP contribution is 2.33. The topological polar surface area (TPSA) is 12.0 Å². The molecule has 0 amide bonds. The van der Waals surface area contributed by atoms with Gasteiger partial charge in [-0.1, -0.05) is 91.4 Å². The van der Waals surface area contributed by atoms with Gasteiger partial charge in [-0.25, -0.2) is 0 Å². The summed E-state index contributed by atoms with van der Waals surface area (Å²) in [6.45, 7) is 9.39. The molecule has 1 saturated carbocycles. The molecule has 2 unspecified atom stereocenters. The Morgan fingerprint density at radius 3 is 2.14 bits per heavy atom. The van der Waals surface area contributed by atoms with Crippen molar-refractivity contribution in [2.24, 2.45) is 17.8 Å². The predicted octanol–water partition coefficient (Wildman–Crippen LogP) is 6.18. The second kappa shape index (κ2) is 12.5. The van der Waals surface area contributed by atoms with Crippen molar-refractivity contribution in [2.45, 2.75) is 97.8 Å². The summed E-state index contributed by atoms with van der Waals surface area (Å²) in [5, 5.41) is 3.71. The van der Waals surface area contributed by atoms with E-state index in [9.17, 15) is 0 Å². The average molecular weight is 296 g/mol. The summed E-state index contributed by atoms with van der Waals surface area (Å²) in [5.41, 5.74) is 0. The summed E-state index contributed by atoms with van der Waals surface area (Å²) in [6.07, 6.45) is 17.6. The third-order valence-electron chi connectivity index (χ3n) is 5.20. The van der Waals surface area contributed by atoms with Crippen molar-refractivity contribution in [2.75, 3.05) is 13.1 Å². The number of unbranched alkanes of at least 4 members (excludes halogenated alkanes) is 6. The van der Waals surface area contributed by atoms with Gasteiger partial charge < -0.3 is 5.32 Å². The first-order valence-corrected chi connectivity index (χ1v) is 9.94. The average Bonchev–Trinajstić information content (AvgIpc) is 2.47. The second-order valence-corrected chi connectivity index (χ2v) is 7.77. The van der Waals surface area contributed by atoms with Crippen LogP contribution in [0.15, 0.2) is 0 Å². The van der Waals surface area contributed by atoms with Crippen molar-refractivity contribution in [1.82, 2.24) is 5.32 Å². The summed E-state index contributed by atoms with van der Waals surface area (Å²) in [4.78, 5) is 0. The molecule has 0 aromatic carbocycles. The maximum absolute atomic E-state index is 3.71. The van der Waals surface area contributed by atoms with Crippen LogP contribution in [0.5, 0.6) is 0 Å². The van der Waals surface area contributed by atoms with Gasteiger partial charge in [-0.15, -0.1) is 0 Å². The lowest BCUT2D eigenvalue weighted by atomic mass is 9.76. The highest BCUT2D eigenvalue weighted by Gasteiger charge is 2.24. The van der Waals surface area contributed by atoms with Gasteiger partial charge in [0.05, 0.1) is 0 Å². The Hall–Kier alpha value is -0.0400. The van der Waals surface area contributed by atoms with Crippen LogP contribution in [0.3, 0.4) is 0 Å². The van der Waals surface area contributed by atoms with E-state index >= 15 is 0 Å². The van der Waals surface area contributed by atoms with Gasteiger partial charge in [0, 0.05) is 0 Å². The van der Waals surface area contributed by atoms with Crippen molar-refractivity contribution in [3.05, 3.63) is 0 Å². The van der Waals surface area contributed by atoms with Crippen LogP contribution in [-0.4, -0.2) is 13.1 Å². The van der Waals surface area contributed by atoms with Gasteiger partial charge >= 0.3 is 0 Å². The monoisotopic (exact) mass is 295 g/mol. The van der Waals surface area contributed by atoms with E-state index in [1.54, 1.807) is 0 Å². The fourth-order valence-corrected chi connectivity index (χ4v) is 3.85. The molecule has 0 saturated heterocycles. The molecule has 1 N–H and O–H groups in total. The summed E-state index contributed by atoms with van der Waals surface area (Å²) in [5.74, 6) is 2.78. The Labute approximate surface area is 134 Å². The number of hydrogen-bond acceptors (Lipinski definition) is 1. The van der Waals surface area contributed by atoms with Crippen LogP contribution in [-0.2, 0) is 0 Å². The molecule has 1 aliphatic rings. The third-order valence-corrected chi connectivity index (χ3v) is 5.20. The molecular formula is C20H41N. The largest absolute Gasteiger partial charge is 0.316 e. The molecule has 0 radical (unpaired) electrons. The van der Waals surface area contributed by atoms with E-state index in [4.69, 9.17) is 0 Å². The Morgan fingerprint density at radius 2 is 1.48 bits per heavy atom. The van der Waals surface area contributed by atoms with Crippen LogP contribution in [0.4, 0.5) is 0 Å². The highest BCUT2D eigenvalue weighted by atomic mass is 14.9. The van der Waals surface area contributed by atoms with Crippen molar-refractivity contribution in [1.29, 1.82) is 0 Å². The van der Waals surface area contributed by atoms with E-state index in [0.717, 1.165) is 17.8 Å². The van der Waals surface area contributed by atoms with Crippen LogP contribution in [0, 0.1) is 17.8 Å². The quantitative estimate of drug-likeness (QED) is 0.424. The first-order valence-electron chi connectivity index (χ1n) is 9.94. The van der Waals surface area contributed by atoms with Gasteiger partial charge in [0.2, 0.25) is 0 Å². The van der Waals surface area contributed by atoms with Gasteiger partial charge in [0.15, 0.2) is 0 Å². The Bertz CT molecular complexity index is 224. The molecule has 21 heavy (non-hydrogen) atoms. The molecule has 0 spiro atoms. The zero-order valence-corrected chi connectivity index (χ0v) is 15.1. The van der Waals surface area contributed by atoms with Gasteiger partial charge in [0.1, 0.15) is 0 Å². The molecule has 0 aromatic heterocycles. The fourth-order valence-electron chi connectivity index (χ4n) is 3.85. The smallest absolute Gasteiger partial charge is 0.00178 e. The first-order chi connectivity index (χ1) is 10.2. The molecular weight excluding hydrogens is 254 g/mol. The minimum absolute atomic E-state index is 0.787. The van der Waals surface area contributed by atoms with Crippen molar-refractivity contribution >= 4 is 0 Å². The fraction of sp³-hybridized carbons (Fsp3) is 1.00. The van der Waals surface area contributed by atoms with Crippen molar-refractivity contribution in [3.8, 4) is 0 Å². The van der Waals surface area contributed by atoms with E-state index in [1.807, 2.05) is 0 Å². The Balaban J connectivity index is 2.09. The minimum atomic E-state index is 0.787. The molecule has 126 valence electrons. The van der Waals surface area contributed by atoms with E-state index < -0.39 is 0 Å². The Kier molecular flexibility index (Phi) is 11.3. The lowest BCUT2D eigenvalue weighted by molar-refractivity contribution is 0.211. The van der Waals surface area contributed by atoms with Crippen LogP contribution in [0.25, 0.3) is 0 Å². The standard InChI is InChI=1S/C20H41N/c1-4-5-6-7-8-9-10-13-19-14-11-12-15-20(19)17-21-16-18(2)3/h18-21H,4-17H2,1-3H3. The maximum atomic E-state index is 3.71. The molecule has 0 bridgehead atoms. The molecule has 2 atom stereocenters. The Morgan fingerprint density at radius 1 is 0.857 bits per heavy atom. The highest BCUT2D eigenvalue weighted by molar-refractivity contribution is 4.77. The summed E-state index contributed by atoms with van der Waals surface area (Å²) < 4.78 is 0. The van der Waals surface area contributed by atoms with E-state index in [1.165, 1.54) is 90.1 Å². The second-order valence-electron chi connectivity index (χ2n) is 7.77. The third kappa shape index (κ3) is 9.55. The van der Waals surface area contributed by atoms with E-state index in [2.05, 4.69) is 26.1 Å². The predicted molar refractivity (Wildman–Crippen MR) is 95.8 cm³/mol. The molecule has 0 heterocycles. The molecule has 1 nitrogen and oxygen atoms in total. The molecule has 0 aromatic rings. The zero-order valence-electron chi connectivity index (χ0n) is 15.1. The maximum Gasteiger partial charge on any atom is -0.00178 e. The number of nitrogens with one attached hydrogen (secondary N) is 1. The van der Waals surface area contributed by atoms with Crippen LogP contribution in [0.1, 0.15) is 97.8 Å². The summed E-state index contributed by atoms with van der Waals surface area (Å²) in [7, 11) is 0.